The zero-order chi connectivity index (χ0) is 10.9. The number of carbonyl (C=O) groups excluding carboxylic acids is 1. The van der Waals surface area contributed by atoms with Gasteiger partial charge in [0.05, 0.1) is 7.11 Å². The standard InChI is InChI=1S/C11H19NO3/c1-14-10(13)9(12)11(4-5-11)8-2-6-15-7-3-8/h8-9H,2-7,12H2,1H3. The van der Waals surface area contributed by atoms with E-state index in [1.165, 1.54) is 7.11 Å². The summed E-state index contributed by atoms with van der Waals surface area (Å²) in [7, 11) is 1.41. The summed E-state index contributed by atoms with van der Waals surface area (Å²) >= 11 is 0. The Morgan fingerprint density at radius 2 is 2.07 bits per heavy atom. The molecule has 1 saturated carbocycles. The Kier molecular flexibility index (Phi) is 2.98. The molecule has 0 aromatic rings. The van der Waals surface area contributed by atoms with Crippen molar-refractivity contribution in [3.05, 3.63) is 0 Å². The van der Waals surface area contributed by atoms with Gasteiger partial charge in [0.2, 0.25) is 0 Å². The van der Waals surface area contributed by atoms with Crippen LogP contribution in [-0.2, 0) is 14.3 Å². The number of hydrogen-bond donors (Lipinski definition) is 1. The van der Waals surface area contributed by atoms with Gasteiger partial charge >= 0.3 is 5.97 Å². The fourth-order valence-corrected chi connectivity index (χ4v) is 2.75. The summed E-state index contributed by atoms with van der Waals surface area (Å²) in [5.41, 5.74) is 6.01. The minimum atomic E-state index is -0.439. The van der Waals surface area contributed by atoms with Crippen molar-refractivity contribution >= 4 is 5.97 Å². The number of esters is 1. The zero-order valence-corrected chi connectivity index (χ0v) is 9.20. The fourth-order valence-electron chi connectivity index (χ4n) is 2.75. The average molecular weight is 213 g/mol. The molecular formula is C11H19NO3. The second-order valence-electron chi connectivity index (χ2n) is 4.62. The summed E-state index contributed by atoms with van der Waals surface area (Å²) in [5, 5.41) is 0. The molecule has 1 aliphatic carbocycles. The summed E-state index contributed by atoms with van der Waals surface area (Å²) in [6.07, 6.45) is 4.19. The number of nitrogens with two attached hydrogens (primary N) is 1. The summed E-state index contributed by atoms with van der Waals surface area (Å²) < 4.78 is 10.1. The largest absolute Gasteiger partial charge is 0.468 e. The van der Waals surface area contributed by atoms with Crippen LogP contribution in [0.2, 0.25) is 0 Å². The van der Waals surface area contributed by atoms with E-state index >= 15 is 0 Å². The molecule has 2 N–H and O–H groups in total. The van der Waals surface area contributed by atoms with Crippen LogP contribution in [0.3, 0.4) is 0 Å². The second kappa shape index (κ2) is 4.10. The van der Waals surface area contributed by atoms with Gasteiger partial charge in [0.15, 0.2) is 0 Å². The van der Waals surface area contributed by atoms with E-state index in [9.17, 15) is 4.79 Å². The average Bonchev–Trinajstić information content (AvgIpc) is 3.09. The van der Waals surface area contributed by atoms with Crippen LogP contribution in [0.25, 0.3) is 0 Å². The highest BCUT2D eigenvalue weighted by atomic mass is 16.5. The Bertz CT molecular complexity index is 244. The van der Waals surface area contributed by atoms with Gasteiger partial charge in [-0.05, 0) is 37.0 Å². The maximum atomic E-state index is 11.5. The maximum Gasteiger partial charge on any atom is 0.323 e. The lowest BCUT2D eigenvalue weighted by Gasteiger charge is -2.33. The van der Waals surface area contributed by atoms with Gasteiger partial charge in [0.1, 0.15) is 6.04 Å². The minimum Gasteiger partial charge on any atom is -0.468 e. The third-order valence-corrected chi connectivity index (χ3v) is 3.94. The highest BCUT2D eigenvalue weighted by Crippen LogP contribution is 2.57. The van der Waals surface area contributed by atoms with Crippen molar-refractivity contribution in [1.29, 1.82) is 0 Å². The third-order valence-electron chi connectivity index (χ3n) is 3.94. The van der Waals surface area contributed by atoms with Crippen molar-refractivity contribution in [1.82, 2.24) is 0 Å². The molecule has 86 valence electrons. The Balaban J connectivity index is 2.02. The number of hydrogen-bond acceptors (Lipinski definition) is 4. The van der Waals surface area contributed by atoms with Crippen molar-refractivity contribution < 1.29 is 14.3 Å². The summed E-state index contributed by atoms with van der Waals surface area (Å²) in [5.74, 6) is 0.277. The molecule has 0 radical (unpaired) electrons. The van der Waals surface area contributed by atoms with E-state index in [0.717, 1.165) is 38.9 Å². The van der Waals surface area contributed by atoms with E-state index in [2.05, 4.69) is 0 Å². The molecule has 0 amide bonds. The smallest absolute Gasteiger partial charge is 0.323 e. The number of rotatable bonds is 3. The summed E-state index contributed by atoms with van der Waals surface area (Å²) in [6, 6.07) is -0.439. The van der Waals surface area contributed by atoms with Gasteiger partial charge in [0, 0.05) is 13.2 Å². The highest BCUT2D eigenvalue weighted by molar-refractivity contribution is 5.77. The van der Waals surface area contributed by atoms with Crippen molar-refractivity contribution in [3.8, 4) is 0 Å². The van der Waals surface area contributed by atoms with Crippen LogP contribution in [0.15, 0.2) is 0 Å². The van der Waals surface area contributed by atoms with Crippen LogP contribution in [0, 0.1) is 11.3 Å². The predicted molar refractivity (Wildman–Crippen MR) is 55.2 cm³/mol. The van der Waals surface area contributed by atoms with Crippen LogP contribution in [0.4, 0.5) is 0 Å². The van der Waals surface area contributed by atoms with Gasteiger partial charge in [0.25, 0.3) is 0 Å². The van der Waals surface area contributed by atoms with Crippen LogP contribution in [0.5, 0.6) is 0 Å². The topological polar surface area (TPSA) is 61.5 Å². The third kappa shape index (κ3) is 1.88. The van der Waals surface area contributed by atoms with Gasteiger partial charge in [-0.3, -0.25) is 4.79 Å². The van der Waals surface area contributed by atoms with E-state index in [4.69, 9.17) is 15.2 Å². The van der Waals surface area contributed by atoms with Gasteiger partial charge in [-0.2, -0.15) is 0 Å². The van der Waals surface area contributed by atoms with Crippen molar-refractivity contribution in [2.45, 2.75) is 31.7 Å². The van der Waals surface area contributed by atoms with E-state index in [0.29, 0.717) is 5.92 Å². The predicted octanol–water partition coefficient (Wildman–Crippen LogP) is 0.693. The number of methoxy groups -OCH3 is 1. The molecule has 0 spiro atoms. The highest BCUT2D eigenvalue weighted by Gasteiger charge is 2.56. The first-order valence-electron chi connectivity index (χ1n) is 5.62. The first kappa shape index (κ1) is 10.9. The first-order valence-corrected chi connectivity index (χ1v) is 5.62. The Hall–Kier alpha value is -0.610. The number of ether oxygens (including phenoxy) is 2. The van der Waals surface area contributed by atoms with E-state index in [-0.39, 0.29) is 11.4 Å². The van der Waals surface area contributed by atoms with Crippen LogP contribution >= 0.6 is 0 Å². The van der Waals surface area contributed by atoms with E-state index < -0.39 is 6.04 Å². The Labute approximate surface area is 90.1 Å². The van der Waals surface area contributed by atoms with E-state index in [1.54, 1.807) is 0 Å². The molecule has 0 aromatic carbocycles. The molecule has 2 aliphatic rings. The molecule has 1 aliphatic heterocycles. The molecule has 1 saturated heterocycles. The normalized spacial score (nSPS) is 27.1. The lowest BCUT2D eigenvalue weighted by atomic mass is 9.78. The van der Waals surface area contributed by atoms with Crippen molar-refractivity contribution in [2.24, 2.45) is 17.1 Å². The van der Waals surface area contributed by atoms with Crippen LogP contribution in [0.1, 0.15) is 25.7 Å². The van der Waals surface area contributed by atoms with Gasteiger partial charge in [-0.15, -0.1) is 0 Å². The second-order valence-corrected chi connectivity index (χ2v) is 4.62. The summed E-state index contributed by atoms with van der Waals surface area (Å²) in [4.78, 5) is 11.5. The molecular weight excluding hydrogens is 194 g/mol. The molecule has 15 heavy (non-hydrogen) atoms. The van der Waals surface area contributed by atoms with Crippen LogP contribution in [-0.4, -0.2) is 32.3 Å². The molecule has 2 fully saturated rings. The quantitative estimate of drug-likeness (QED) is 0.701. The number of carbonyl (C=O) groups is 1. The zero-order valence-electron chi connectivity index (χ0n) is 9.20. The molecule has 4 heteroatoms. The summed E-state index contributed by atoms with van der Waals surface area (Å²) in [6.45, 7) is 1.61. The molecule has 1 atom stereocenters. The first-order chi connectivity index (χ1) is 7.20. The lowest BCUT2D eigenvalue weighted by molar-refractivity contribution is -0.145. The molecule has 0 aromatic heterocycles. The van der Waals surface area contributed by atoms with Gasteiger partial charge in [-0.25, -0.2) is 0 Å². The van der Waals surface area contributed by atoms with Crippen molar-refractivity contribution in [3.63, 3.8) is 0 Å². The van der Waals surface area contributed by atoms with E-state index in [1.807, 2.05) is 0 Å². The molecule has 0 bridgehead atoms. The Morgan fingerprint density at radius 3 is 2.53 bits per heavy atom. The SMILES string of the molecule is COC(=O)C(N)C1(C2CCOCC2)CC1. The van der Waals surface area contributed by atoms with Crippen LogP contribution < -0.4 is 5.73 Å². The monoisotopic (exact) mass is 213 g/mol. The molecule has 1 unspecified atom stereocenters. The fraction of sp³-hybridized carbons (Fsp3) is 0.909. The Morgan fingerprint density at radius 1 is 1.47 bits per heavy atom. The minimum absolute atomic E-state index is 0.0247. The lowest BCUT2D eigenvalue weighted by Crippen LogP contribution is -2.45. The van der Waals surface area contributed by atoms with Crippen molar-refractivity contribution in [2.75, 3.05) is 20.3 Å². The molecule has 2 rings (SSSR count). The molecule has 4 nitrogen and oxygen atoms in total. The molecule has 1 heterocycles. The van der Waals surface area contributed by atoms with Gasteiger partial charge < -0.3 is 15.2 Å². The maximum absolute atomic E-state index is 11.5. The van der Waals surface area contributed by atoms with Gasteiger partial charge in [-0.1, -0.05) is 0 Å².